The zero-order chi connectivity index (χ0) is 34.4. The predicted octanol–water partition coefficient (Wildman–Crippen LogP) is 7.98. The molecule has 0 saturated carbocycles. The Morgan fingerprint density at radius 2 is 1.50 bits per heavy atom. The summed E-state index contributed by atoms with van der Waals surface area (Å²) in [6.07, 6.45) is 1.15. The first-order valence-electron chi connectivity index (χ1n) is 15.7. The largest absolute Gasteiger partial charge is 0.508 e. The van der Waals surface area contributed by atoms with Crippen LogP contribution in [-0.4, -0.2) is 36.4 Å². The molecule has 0 bridgehead atoms. The Labute approximate surface area is 278 Å². The van der Waals surface area contributed by atoms with E-state index in [0.717, 1.165) is 11.1 Å². The van der Waals surface area contributed by atoms with Gasteiger partial charge in [-0.2, -0.15) is 0 Å². The molecule has 2 heterocycles. The summed E-state index contributed by atoms with van der Waals surface area (Å²) in [6, 6.07) is 14.6. The van der Waals surface area contributed by atoms with Gasteiger partial charge in [-0.1, -0.05) is 35.9 Å². The molecule has 0 amide bonds. The Morgan fingerprint density at radius 1 is 0.833 bits per heavy atom. The van der Waals surface area contributed by atoms with Crippen LogP contribution in [0.5, 0.6) is 46.0 Å². The van der Waals surface area contributed by atoms with Gasteiger partial charge in [-0.3, -0.25) is 4.79 Å². The highest BCUT2D eigenvalue weighted by molar-refractivity contribution is 6.04. The molecule has 0 aliphatic carbocycles. The molecule has 0 aromatic heterocycles. The van der Waals surface area contributed by atoms with Gasteiger partial charge in [-0.05, 0) is 87.1 Å². The lowest BCUT2D eigenvalue weighted by Crippen LogP contribution is -2.23. The number of benzene rings is 4. The SMILES string of the molecule is C=C(C)[C@@H](CC=C(C)C)Cc1c2c(c(O)c3c1O[C@@H](c1ccc(O)cc1)[C@H]3c1cc(O)cc(O)c1)C(=O)C[C@@H](c1ccc(O)cc1O)O2. The van der Waals surface area contributed by atoms with Gasteiger partial charge >= 0.3 is 0 Å². The zero-order valence-electron chi connectivity index (χ0n) is 26.9. The number of fused-ring (bicyclic) bond motifs is 2. The summed E-state index contributed by atoms with van der Waals surface area (Å²) in [5, 5.41) is 63.6. The second-order valence-corrected chi connectivity index (χ2v) is 12.9. The van der Waals surface area contributed by atoms with Gasteiger partial charge in [0.15, 0.2) is 5.78 Å². The van der Waals surface area contributed by atoms with E-state index in [4.69, 9.17) is 9.47 Å². The van der Waals surface area contributed by atoms with E-state index in [1.165, 1.54) is 48.5 Å². The molecule has 4 aromatic rings. The van der Waals surface area contributed by atoms with Crippen molar-refractivity contribution < 1.29 is 44.9 Å². The van der Waals surface area contributed by atoms with Crippen LogP contribution in [0.25, 0.3) is 0 Å². The van der Waals surface area contributed by atoms with Gasteiger partial charge in [-0.15, -0.1) is 0 Å². The monoisotopic (exact) mass is 650 g/mol. The normalized spacial score (nSPS) is 18.6. The van der Waals surface area contributed by atoms with Crippen molar-refractivity contribution in [3.63, 3.8) is 0 Å². The van der Waals surface area contributed by atoms with Crippen LogP contribution >= 0.6 is 0 Å². The molecule has 9 heteroatoms. The van der Waals surface area contributed by atoms with Gasteiger partial charge in [0.1, 0.15) is 63.8 Å². The van der Waals surface area contributed by atoms with Crippen molar-refractivity contribution in [3.8, 4) is 46.0 Å². The Balaban J connectivity index is 1.61. The molecule has 0 radical (unpaired) electrons. The van der Waals surface area contributed by atoms with Crippen LogP contribution in [0.15, 0.2) is 84.5 Å². The van der Waals surface area contributed by atoms with E-state index in [1.807, 2.05) is 20.8 Å². The molecule has 2 aliphatic heterocycles. The maximum atomic E-state index is 14.0. The lowest BCUT2D eigenvalue weighted by molar-refractivity contribution is 0.0838. The lowest BCUT2D eigenvalue weighted by atomic mass is 9.80. The smallest absolute Gasteiger partial charge is 0.174 e. The van der Waals surface area contributed by atoms with E-state index in [1.54, 1.807) is 12.1 Å². The van der Waals surface area contributed by atoms with Crippen molar-refractivity contribution in [1.82, 2.24) is 0 Å². The molecule has 4 atom stereocenters. The quantitative estimate of drug-likeness (QED) is 0.104. The van der Waals surface area contributed by atoms with E-state index in [-0.39, 0.29) is 58.1 Å². The van der Waals surface area contributed by atoms with Crippen molar-refractivity contribution >= 4 is 5.78 Å². The number of phenolic OH excluding ortho intramolecular Hbond substituents is 6. The summed E-state index contributed by atoms with van der Waals surface area (Å²) < 4.78 is 13.3. The number of ether oxygens (including phenoxy) is 2. The van der Waals surface area contributed by atoms with E-state index in [2.05, 4.69) is 12.7 Å². The fourth-order valence-corrected chi connectivity index (χ4v) is 6.69. The molecule has 0 saturated heterocycles. The predicted molar refractivity (Wildman–Crippen MR) is 179 cm³/mol. The van der Waals surface area contributed by atoms with Gasteiger partial charge in [0, 0.05) is 28.8 Å². The summed E-state index contributed by atoms with van der Waals surface area (Å²) in [6.45, 7) is 10.2. The number of hydrogen-bond acceptors (Lipinski definition) is 9. The lowest BCUT2D eigenvalue weighted by Gasteiger charge is -2.31. The maximum Gasteiger partial charge on any atom is 0.174 e. The Morgan fingerprint density at radius 3 is 2.12 bits per heavy atom. The zero-order valence-corrected chi connectivity index (χ0v) is 26.9. The molecule has 0 unspecified atom stereocenters. The van der Waals surface area contributed by atoms with Gasteiger partial charge in [0.25, 0.3) is 0 Å². The average Bonchev–Trinajstić information content (AvgIpc) is 3.41. The van der Waals surface area contributed by atoms with E-state index < -0.39 is 23.9 Å². The second-order valence-electron chi connectivity index (χ2n) is 12.9. The molecule has 0 fully saturated rings. The second kappa shape index (κ2) is 12.6. The number of carbonyl (C=O) groups excluding carboxylic acids is 1. The van der Waals surface area contributed by atoms with Gasteiger partial charge in [0.05, 0.1) is 12.3 Å². The summed E-state index contributed by atoms with van der Waals surface area (Å²) in [5.41, 5.74) is 4.20. The summed E-state index contributed by atoms with van der Waals surface area (Å²) >= 11 is 0. The number of aromatic hydroxyl groups is 6. The minimum atomic E-state index is -0.920. The number of carbonyl (C=O) groups is 1. The third kappa shape index (κ3) is 5.99. The number of allylic oxidation sites excluding steroid dienone is 3. The molecule has 48 heavy (non-hydrogen) atoms. The number of hydrogen-bond donors (Lipinski definition) is 6. The third-order valence-electron chi connectivity index (χ3n) is 9.10. The van der Waals surface area contributed by atoms with E-state index in [9.17, 15) is 35.4 Å². The fraction of sp³-hybridized carbons (Fsp3) is 0.256. The van der Waals surface area contributed by atoms with Crippen LogP contribution in [0.2, 0.25) is 0 Å². The highest BCUT2D eigenvalue weighted by Crippen LogP contribution is 2.60. The summed E-state index contributed by atoms with van der Waals surface area (Å²) in [7, 11) is 0. The van der Waals surface area contributed by atoms with Gasteiger partial charge in [-0.25, -0.2) is 0 Å². The van der Waals surface area contributed by atoms with Crippen molar-refractivity contribution in [2.24, 2.45) is 5.92 Å². The molecule has 248 valence electrons. The topological polar surface area (TPSA) is 157 Å². The average molecular weight is 651 g/mol. The first-order chi connectivity index (χ1) is 22.8. The van der Waals surface area contributed by atoms with Crippen molar-refractivity contribution in [1.29, 1.82) is 0 Å². The Bertz CT molecular complexity index is 1930. The van der Waals surface area contributed by atoms with Crippen LogP contribution < -0.4 is 9.47 Å². The van der Waals surface area contributed by atoms with Crippen LogP contribution in [0.3, 0.4) is 0 Å². The molecule has 4 aromatic carbocycles. The van der Waals surface area contributed by atoms with Crippen LogP contribution in [0, 0.1) is 5.92 Å². The van der Waals surface area contributed by atoms with Crippen molar-refractivity contribution in [2.45, 2.75) is 58.2 Å². The van der Waals surface area contributed by atoms with Crippen molar-refractivity contribution in [2.75, 3.05) is 0 Å². The standard InChI is InChI=1S/C39H38O9/c1-19(2)5-6-22(20(3)4)15-29-38-34(31(45)18-32(47-38)28-12-11-25(41)17-30(28)44)36(46)35-33(23-13-26(42)16-27(43)14-23)37(48-39(29)35)21-7-9-24(40)10-8-21/h5,7-14,16-17,22,32-33,37,40-44,46H,3,6,15,18H2,1-2,4H3/t22-,32-,33-,37-/m0/s1. The summed E-state index contributed by atoms with van der Waals surface area (Å²) in [5.74, 6) is -1.96. The van der Waals surface area contributed by atoms with Crippen LogP contribution in [0.4, 0.5) is 0 Å². The first-order valence-corrected chi connectivity index (χ1v) is 15.7. The number of rotatable bonds is 8. The summed E-state index contributed by atoms with van der Waals surface area (Å²) in [4.78, 5) is 14.0. The maximum absolute atomic E-state index is 14.0. The molecule has 0 spiro atoms. The number of Topliss-reactive ketones (excluding diaryl/α,β-unsaturated/α-hetero) is 1. The Hall–Kier alpha value is -5.57. The molecular weight excluding hydrogens is 612 g/mol. The van der Waals surface area contributed by atoms with Crippen LogP contribution in [-0.2, 0) is 6.42 Å². The minimum absolute atomic E-state index is 0.0229. The number of ketones is 1. The van der Waals surface area contributed by atoms with E-state index in [0.29, 0.717) is 46.4 Å². The molecular formula is C39H38O9. The van der Waals surface area contributed by atoms with Crippen LogP contribution in [0.1, 0.15) is 89.9 Å². The van der Waals surface area contributed by atoms with Crippen molar-refractivity contribution in [3.05, 3.63) is 118 Å². The fourth-order valence-electron chi connectivity index (χ4n) is 6.69. The van der Waals surface area contributed by atoms with Gasteiger partial charge in [0.2, 0.25) is 0 Å². The molecule has 9 nitrogen and oxygen atoms in total. The molecule has 6 N–H and O–H groups in total. The highest BCUT2D eigenvalue weighted by atomic mass is 16.5. The third-order valence-corrected chi connectivity index (χ3v) is 9.10. The van der Waals surface area contributed by atoms with Gasteiger partial charge < -0.3 is 40.1 Å². The molecule has 2 aliphatic rings. The Kier molecular flexibility index (Phi) is 8.47. The highest BCUT2D eigenvalue weighted by Gasteiger charge is 2.46. The van der Waals surface area contributed by atoms with E-state index >= 15 is 0 Å². The number of phenols is 6. The molecule has 6 rings (SSSR count). The minimum Gasteiger partial charge on any atom is -0.508 e. The first kappa shape index (κ1) is 32.4.